The Bertz CT molecular complexity index is 227. The minimum atomic E-state index is 0.761. The predicted molar refractivity (Wildman–Crippen MR) is 85.5 cm³/mol. The minimum absolute atomic E-state index is 0.761. The van der Waals surface area contributed by atoms with Crippen molar-refractivity contribution in [2.75, 3.05) is 26.7 Å². The van der Waals surface area contributed by atoms with Crippen molar-refractivity contribution in [2.24, 2.45) is 17.8 Å². The number of nitrogens with zero attached hydrogens (tertiary/aromatic N) is 1. The third-order valence-electron chi connectivity index (χ3n) is 4.55. The number of nitrogens with one attached hydrogen (secondary N) is 1. The molecular formula is C17H36N2. The van der Waals surface area contributed by atoms with Crippen LogP contribution in [0.3, 0.4) is 0 Å². The van der Waals surface area contributed by atoms with Gasteiger partial charge in [0.15, 0.2) is 0 Å². The summed E-state index contributed by atoms with van der Waals surface area (Å²) in [5, 5.41) is 3.80. The molecule has 19 heavy (non-hydrogen) atoms. The zero-order valence-corrected chi connectivity index (χ0v) is 13.9. The molecule has 0 aromatic heterocycles. The lowest BCUT2D eigenvalue weighted by atomic mass is 9.76. The summed E-state index contributed by atoms with van der Waals surface area (Å²) in [4.78, 5) is 2.55. The Labute approximate surface area is 121 Å². The van der Waals surface area contributed by atoms with Crippen molar-refractivity contribution in [2.45, 2.75) is 65.8 Å². The van der Waals surface area contributed by atoms with Crippen LogP contribution in [-0.2, 0) is 0 Å². The molecule has 114 valence electrons. The first-order valence-corrected chi connectivity index (χ1v) is 8.48. The van der Waals surface area contributed by atoms with E-state index in [1.165, 1.54) is 51.7 Å². The fourth-order valence-corrected chi connectivity index (χ4v) is 3.63. The maximum atomic E-state index is 3.80. The van der Waals surface area contributed by atoms with Crippen molar-refractivity contribution in [1.82, 2.24) is 10.2 Å². The van der Waals surface area contributed by atoms with Crippen molar-refractivity contribution >= 4 is 0 Å². The van der Waals surface area contributed by atoms with E-state index < -0.39 is 0 Å². The van der Waals surface area contributed by atoms with Crippen LogP contribution in [0.15, 0.2) is 0 Å². The summed E-state index contributed by atoms with van der Waals surface area (Å²) in [5.74, 6) is 2.60. The highest BCUT2D eigenvalue weighted by molar-refractivity contribution is 4.86. The van der Waals surface area contributed by atoms with Crippen LogP contribution >= 0.6 is 0 Å². The second-order valence-electron chi connectivity index (χ2n) is 7.02. The SMILES string of the molecule is CCCNC1CCC(CC)CC1CN(C)CC(C)C. The van der Waals surface area contributed by atoms with Gasteiger partial charge in [-0.05, 0) is 57.0 Å². The van der Waals surface area contributed by atoms with Crippen molar-refractivity contribution in [3.8, 4) is 0 Å². The molecule has 1 saturated carbocycles. The van der Waals surface area contributed by atoms with Gasteiger partial charge in [-0.15, -0.1) is 0 Å². The molecule has 0 amide bonds. The Morgan fingerprint density at radius 1 is 1.21 bits per heavy atom. The van der Waals surface area contributed by atoms with Gasteiger partial charge in [-0.2, -0.15) is 0 Å². The molecule has 0 aromatic carbocycles. The van der Waals surface area contributed by atoms with E-state index in [4.69, 9.17) is 0 Å². The Kier molecular flexibility index (Phi) is 8.01. The lowest BCUT2D eigenvalue weighted by molar-refractivity contribution is 0.145. The molecule has 1 fully saturated rings. The molecule has 3 atom stereocenters. The zero-order chi connectivity index (χ0) is 14.3. The largest absolute Gasteiger partial charge is 0.314 e. The van der Waals surface area contributed by atoms with Crippen LogP contribution in [0.4, 0.5) is 0 Å². The van der Waals surface area contributed by atoms with Crippen LogP contribution in [0.5, 0.6) is 0 Å². The summed E-state index contributed by atoms with van der Waals surface area (Å²) >= 11 is 0. The van der Waals surface area contributed by atoms with Gasteiger partial charge in [0.25, 0.3) is 0 Å². The molecule has 0 saturated heterocycles. The lowest BCUT2D eigenvalue weighted by Gasteiger charge is -2.39. The lowest BCUT2D eigenvalue weighted by Crippen LogP contribution is -2.45. The Hall–Kier alpha value is -0.0800. The first-order chi connectivity index (χ1) is 9.06. The van der Waals surface area contributed by atoms with Gasteiger partial charge < -0.3 is 10.2 Å². The van der Waals surface area contributed by atoms with Crippen LogP contribution in [-0.4, -0.2) is 37.6 Å². The number of hydrogen-bond acceptors (Lipinski definition) is 2. The number of hydrogen-bond donors (Lipinski definition) is 1. The van der Waals surface area contributed by atoms with Crippen LogP contribution in [0, 0.1) is 17.8 Å². The molecule has 1 rings (SSSR count). The van der Waals surface area contributed by atoms with Gasteiger partial charge in [0.05, 0.1) is 0 Å². The van der Waals surface area contributed by atoms with Crippen LogP contribution in [0.1, 0.15) is 59.8 Å². The maximum absolute atomic E-state index is 3.80. The molecular weight excluding hydrogens is 232 g/mol. The average molecular weight is 268 g/mol. The molecule has 3 unspecified atom stereocenters. The second kappa shape index (κ2) is 8.97. The van der Waals surface area contributed by atoms with Gasteiger partial charge in [-0.3, -0.25) is 0 Å². The highest BCUT2D eigenvalue weighted by Gasteiger charge is 2.29. The van der Waals surface area contributed by atoms with Gasteiger partial charge in [0, 0.05) is 19.1 Å². The number of rotatable bonds is 8. The van der Waals surface area contributed by atoms with E-state index in [0.717, 1.165) is 23.8 Å². The zero-order valence-electron chi connectivity index (χ0n) is 13.9. The van der Waals surface area contributed by atoms with Crippen LogP contribution in [0.2, 0.25) is 0 Å². The maximum Gasteiger partial charge on any atom is 0.0108 e. The summed E-state index contributed by atoms with van der Waals surface area (Å²) in [6.45, 7) is 13.0. The Balaban J connectivity index is 2.49. The molecule has 0 radical (unpaired) electrons. The molecule has 0 aliphatic heterocycles. The van der Waals surface area contributed by atoms with Gasteiger partial charge in [0.1, 0.15) is 0 Å². The first kappa shape index (κ1) is 17.0. The fourth-order valence-electron chi connectivity index (χ4n) is 3.63. The molecule has 1 N–H and O–H groups in total. The highest BCUT2D eigenvalue weighted by atomic mass is 15.1. The van der Waals surface area contributed by atoms with E-state index in [2.05, 4.69) is 45.0 Å². The van der Waals surface area contributed by atoms with E-state index in [1.807, 2.05) is 0 Å². The smallest absolute Gasteiger partial charge is 0.0108 e. The van der Waals surface area contributed by atoms with Crippen molar-refractivity contribution in [3.05, 3.63) is 0 Å². The summed E-state index contributed by atoms with van der Waals surface area (Å²) in [6.07, 6.45) is 6.87. The van der Waals surface area contributed by atoms with Gasteiger partial charge >= 0.3 is 0 Å². The van der Waals surface area contributed by atoms with Crippen molar-refractivity contribution < 1.29 is 0 Å². The van der Waals surface area contributed by atoms with Crippen molar-refractivity contribution in [1.29, 1.82) is 0 Å². The molecule has 1 aliphatic rings. The molecule has 0 heterocycles. The fraction of sp³-hybridized carbons (Fsp3) is 1.00. The molecule has 2 heteroatoms. The first-order valence-electron chi connectivity index (χ1n) is 8.48. The quantitative estimate of drug-likeness (QED) is 0.721. The van der Waals surface area contributed by atoms with Gasteiger partial charge in [-0.25, -0.2) is 0 Å². The van der Waals surface area contributed by atoms with Crippen molar-refractivity contribution in [3.63, 3.8) is 0 Å². The van der Waals surface area contributed by atoms with E-state index in [1.54, 1.807) is 0 Å². The normalized spacial score (nSPS) is 28.3. The van der Waals surface area contributed by atoms with Crippen LogP contribution in [0.25, 0.3) is 0 Å². The van der Waals surface area contributed by atoms with Gasteiger partial charge in [0.2, 0.25) is 0 Å². The third-order valence-corrected chi connectivity index (χ3v) is 4.55. The van der Waals surface area contributed by atoms with Crippen LogP contribution < -0.4 is 5.32 Å². The topological polar surface area (TPSA) is 15.3 Å². The standard InChI is InChI=1S/C17H36N2/c1-6-10-18-17-9-8-15(7-2)11-16(17)13-19(5)12-14(3)4/h14-18H,6-13H2,1-5H3. The molecule has 0 spiro atoms. The summed E-state index contributed by atoms with van der Waals surface area (Å²) in [5.41, 5.74) is 0. The average Bonchev–Trinajstić information content (AvgIpc) is 2.36. The highest BCUT2D eigenvalue weighted by Crippen LogP contribution is 2.32. The minimum Gasteiger partial charge on any atom is -0.314 e. The van der Waals surface area contributed by atoms with E-state index >= 15 is 0 Å². The monoisotopic (exact) mass is 268 g/mol. The van der Waals surface area contributed by atoms with Gasteiger partial charge in [-0.1, -0.05) is 34.1 Å². The Morgan fingerprint density at radius 2 is 1.95 bits per heavy atom. The molecule has 0 bridgehead atoms. The molecule has 0 aromatic rings. The summed E-state index contributed by atoms with van der Waals surface area (Å²) in [6, 6.07) is 0.761. The summed E-state index contributed by atoms with van der Waals surface area (Å²) < 4.78 is 0. The van der Waals surface area contributed by atoms with E-state index in [-0.39, 0.29) is 0 Å². The molecule has 1 aliphatic carbocycles. The summed E-state index contributed by atoms with van der Waals surface area (Å²) in [7, 11) is 2.30. The van der Waals surface area contributed by atoms with E-state index in [9.17, 15) is 0 Å². The second-order valence-corrected chi connectivity index (χ2v) is 7.02. The molecule has 2 nitrogen and oxygen atoms in total. The third kappa shape index (κ3) is 6.27. The van der Waals surface area contributed by atoms with E-state index in [0.29, 0.717) is 0 Å². The Morgan fingerprint density at radius 3 is 2.53 bits per heavy atom. The predicted octanol–water partition coefficient (Wildman–Crippen LogP) is 3.77.